The van der Waals surface area contributed by atoms with Crippen LogP contribution in [0, 0.1) is 12.7 Å². The number of carbonyl (C=O) groups excluding carboxylic acids is 2. The van der Waals surface area contributed by atoms with Crippen molar-refractivity contribution >= 4 is 11.9 Å². The molecule has 0 fully saturated rings. The second-order valence-electron chi connectivity index (χ2n) is 7.70. The largest absolute Gasteiger partial charge is 0.464 e. The number of hydrogen-bond acceptors (Lipinski definition) is 3. The molecule has 0 aliphatic heterocycles. The van der Waals surface area contributed by atoms with Crippen LogP contribution in [0.1, 0.15) is 50.7 Å². The summed E-state index contributed by atoms with van der Waals surface area (Å²) in [6.45, 7) is 8.76. The fraction of sp³-hybridized carbons (Fsp3) is 0.478. The van der Waals surface area contributed by atoms with Gasteiger partial charge in [0.2, 0.25) is 5.91 Å². The van der Waals surface area contributed by atoms with Crippen LogP contribution in [0.2, 0.25) is 0 Å². The summed E-state index contributed by atoms with van der Waals surface area (Å²) in [7, 11) is 0. The van der Waals surface area contributed by atoms with Crippen molar-refractivity contribution in [1.82, 2.24) is 15.1 Å². The minimum Gasteiger partial charge on any atom is -0.464 e. The van der Waals surface area contributed by atoms with Gasteiger partial charge in [-0.15, -0.1) is 0 Å². The summed E-state index contributed by atoms with van der Waals surface area (Å²) < 4.78 is 18.9. The van der Waals surface area contributed by atoms with Gasteiger partial charge in [-0.1, -0.05) is 25.5 Å². The number of furan rings is 1. The Morgan fingerprint density at radius 1 is 1.10 bits per heavy atom. The second kappa shape index (κ2) is 11.4. The number of carbonyl (C=O) groups is 2. The Labute approximate surface area is 178 Å². The van der Waals surface area contributed by atoms with Crippen LogP contribution in [0.3, 0.4) is 0 Å². The van der Waals surface area contributed by atoms with E-state index in [0.717, 1.165) is 24.2 Å². The lowest BCUT2D eigenvalue weighted by molar-refractivity contribution is -0.133. The highest BCUT2D eigenvalue weighted by molar-refractivity contribution is 5.84. The number of nitrogens with zero attached hydrogens (tertiary/aromatic N) is 2. The Hall–Kier alpha value is -2.83. The van der Waals surface area contributed by atoms with Gasteiger partial charge in [-0.25, -0.2) is 9.18 Å². The summed E-state index contributed by atoms with van der Waals surface area (Å²) in [5.74, 6) is 0.894. The van der Waals surface area contributed by atoms with Gasteiger partial charge >= 0.3 is 6.03 Å². The Bertz CT molecular complexity index is 817. The summed E-state index contributed by atoms with van der Waals surface area (Å²) in [6, 6.07) is 9.35. The standard InChI is InChI=1S/C23H32FN3O3/c1-5-6-13-25-23(29)27(17(2)3)16-22(28)26(15-21-12-7-18(4)30-21)14-19-8-10-20(24)11-9-19/h7-12,17H,5-6,13-16H2,1-4H3,(H,25,29). The average molecular weight is 418 g/mol. The van der Waals surface area contributed by atoms with Gasteiger partial charge in [-0.2, -0.15) is 0 Å². The molecule has 7 heteroatoms. The number of urea groups is 1. The molecule has 0 unspecified atom stereocenters. The Morgan fingerprint density at radius 3 is 2.37 bits per heavy atom. The van der Waals surface area contributed by atoms with Crippen LogP contribution >= 0.6 is 0 Å². The number of amides is 3. The van der Waals surface area contributed by atoms with Crippen molar-refractivity contribution < 1.29 is 18.4 Å². The molecule has 1 aromatic carbocycles. The van der Waals surface area contributed by atoms with Crippen molar-refractivity contribution in [2.45, 2.75) is 59.7 Å². The van der Waals surface area contributed by atoms with Crippen molar-refractivity contribution in [2.24, 2.45) is 0 Å². The number of benzene rings is 1. The van der Waals surface area contributed by atoms with Crippen LogP contribution in [0.15, 0.2) is 40.8 Å². The minimum atomic E-state index is -0.326. The van der Waals surface area contributed by atoms with Gasteiger partial charge in [0.25, 0.3) is 0 Å². The van der Waals surface area contributed by atoms with Gasteiger partial charge in [-0.05, 0) is 57.0 Å². The van der Waals surface area contributed by atoms with Crippen LogP contribution in [0.4, 0.5) is 9.18 Å². The highest BCUT2D eigenvalue weighted by Crippen LogP contribution is 2.15. The Morgan fingerprint density at radius 2 is 1.80 bits per heavy atom. The molecular weight excluding hydrogens is 385 g/mol. The van der Waals surface area contributed by atoms with Crippen molar-refractivity contribution in [2.75, 3.05) is 13.1 Å². The van der Waals surface area contributed by atoms with Crippen LogP contribution in [0.25, 0.3) is 0 Å². The molecule has 1 heterocycles. The van der Waals surface area contributed by atoms with E-state index in [9.17, 15) is 14.0 Å². The lowest BCUT2D eigenvalue weighted by Crippen LogP contribution is -2.49. The number of aryl methyl sites for hydroxylation is 1. The molecule has 0 bridgehead atoms. The number of nitrogens with one attached hydrogen (secondary N) is 1. The van der Waals surface area contributed by atoms with Crippen molar-refractivity contribution in [1.29, 1.82) is 0 Å². The molecule has 2 aromatic rings. The summed E-state index contributed by atoms with van der Waals surface area (Å²) in [5, 5.41) is 2.87. The SMILES string of the molecule is CCCCNC(=O)N(CC(=O)N(Cc1ccc(F)cc1)Cc1ccc(C)o1)C(C)C. The maximum Gasteiger partial charge on any atom is 0.318 e. The summed E-state index contributed by atoms with van der Waals surface area (Å²) in [6.07, 6.45) is 1.87. The van der Waals surface area contributed by atoms with Crippen molar-refractivity contribution in [3.05, 3.63) is 59.3 Å². The van der Waals surface area contributed by atoms with Gasteiger partial charge < -0.3 is 19.5 Å². The molecule has 0 aliphatic rings. The van der Waals surface area contributed by atoms with Gasteiger partial charge in [0.1, 0.15) is 23.9 Å². The zero-order chi connectivity index (χ0) is 22.1. The first-order valence-corrected chi connectivity index (χ1v) is 10.4. The van der Waals surface area contributed by atoms with Crippen LogP contribution in [-0.2, 0) is 17.9 Å². The molecule has 2 rings (SSSR count). The zero-order valence-electron chi connectivity index (χ0n) is 18.3. The topological polar surface area (TPSA) is 65.8 Å². The van der Waals surface area contributed by atoms with Gasteiger partial charge in [0.15, 0.2) is 0 Å². The first-order valence-electron chi connectivity index (χ1n) is 10.4. The summed E-state index contributed by atoms with van der Waals surface area (Å²) >= 11 is 0. The second-order valence-corrected chi connectivity index (χ2v) is 7.70. The Kier molecular flexibility index (Phi) is 8.89. The maximum absolute atomic E-state index is 13.3. The summed E-state index contributed by atoms with van der Waals surface area (Å²) in [4.78, 5) is 28.9. The number of halogens is 1. The van der Waals surface area contributed by atoms with E-state index < -0.39 is 0 Å². The molecule has 1 N–H and O–H groups in total. The average Bonchev–Trinajstić information content (AvgIpc) is 3.11. The van der Waals surface area contributed by atoms with Crippen LogP contribution < -0.4 is 5.32 Å². The van der Waals surface area contributed by atoms with E-state index in [2.05, 4.69) is 12.2 Å². The van der Waals surface area contributed by atoms with E-state index in [1.165, 1.54) is 17.0 Å². The van der Waals surface area contributed by atoms with E-state index in [1.54, 1.807) is 17.0 Å². The molecular formula is C23H32FN3O3. The van der Waals surface area contributed by atoms with Crippen molar-refractivity contribution in [3.8, 4) is 0 Å². The van der Waals surface area contributed by atoms with Crippen molar-refractivity contribution in [3.63, 3.8) is 0 Å². The van der Waals surface area contributed by atoms with E-state index in [-0.39, 0.29) is 36.9 Å². The van der Waals surface area contributed by atoms with Crippen LogP contribution in [0.5, 0.6) is 0 Å². The molecule has 164 valence electrons. The number of unbranched alkanes of at least 4 members (excludes halogenated alkanes) is 1. The van der Waals surface area contributed by atoms with Crippen LogP contribution in [-0.4, -0.2) is 40.9 Å². The van der Waals surface area contributed by atoms with E-state index >= 15 is 0 Å². The normalized spacial score (nSPS) is 10.9. The number of hydrogen-bond donors (Lipinski definition) is 1. The molecule has 0 radical (unpaired) electrons. The Balaban J connectivity index is 2.14. The zero-order valence-corrected chi connectivity index (χ0v) is 18.3. The van der Waals surface area contributed by atoms with Gasteiger partial charge in [0, 0.05) is 19.1 Å². The predicted octanol–water partition coefficient (Wildman–Crippen LogP) is 4.48. The molecule has 1 aromatic heterocycles. The molecule has 0 spiro atoms. The third kappa shape index (κ3) is 7.21. The summed E-state index contributed by atoms with van der Waals surface area (Å²) in [5.41, 5.74) is 0.802. The minimum absolute atomic E-state index is 0.0451. The molecule has 0 atom stereocenters. The molecule has 3 amide bonds. The fourth-order valence-electron chi connectivity index (χ4n) is 3.01. The third-order valence-electron chi connectivity index (χ3n) is 4.78. The maximum atomic E-state index is 13.3. The monoisotopic (exact) mass is 417 g/mol. The highest BCUT2D eigenvalue weighted by Gasteiger charge is 2.24. The molecule has 0 saturated carbocycles. The number of rotatable bonds is 10. The predicted molar refractivity (Wildman–Crippen MR) is 114 cm³/mol. The first-order chi connectivity index (χ1) is 14.3. The third-order valence-corrected chi connectivity index (χ3v) is 4.78. The molecule has 30 heavy (non-hydrogen) atoms. The molecule has 0 aliphatic carbocycles. The first kappa shape index (κ1) is 23.4. The quantitative estimate of drug-likeness (QED) is 0.580. The lowest BCUT2D eigenvalue weighted by Gasteiger charge is -2.30. The van der Waals surface area contributed by atoms with E-state index in [0.29, 0.717) is 18.8 Å². The van der Waals surface area contributed by atoms with E-state index in [1.807, 2.05) is 32.9 Å². The van der Waals surface area contributed by atoms with E-state index in [4.69, 9.17) is 4.42 Å². The smallest absolute Gasteiger partial charge is 0.318 e. The fourth-order valence-corrected chi connectivity index (χ4v) is 3.01. The lowest BCUT2D eigenvalue weighted by atomic mass is 10.2. The molecule has 6 nitrogen and oxygen atoms in total. The van der Waals surface area contributed by atoms with Gasteiger partial charge in [0.05, 0.1) is 6.54 Å². The van der Waals surface area contributed by atoms with Gasteiger partial charge in [-0.3, -0.25) is 4.79 Å². The molecule has 0 saturated heterocycles. The highest BCUT2D eigenvalue weighted by atomic mass is 19.1.